The van der Waals surface area contributed by atoms with E-state index in [1.807, 2.05) is 54.3 Å². The molecule has 2 N–H and O–H groups in total. The number of nitriles is 1. The number of hydrogen-bond donors (Lipinski definition) is 1. The third kappa shape index (κ3) is 5.59. The molecule has 200 valence electrons. The van der Waals surface area contributed by atoms with Crippen LogP contribution in [-0.2, 0) is 16.1 Å². The maximum Gasteiger partial charge on any atom is 0.162 e. The number of Topliss-reactive ketones (excluding diaryl/α,β-unsaturated/α-hetero) is 1. The molecule has 0 radical (unpaired) electrons. The molecule has 0 aromatic heterocycles. The molecule has 1 aliphatic heterocycles. The highest BCUT2D eigenvalue weighted by molar-refractivity contribution is 9.10. The number of hydrogen-bond acceptors (Lipinski definition) is 7. The molecule has 0 unspecified atom stereocenters. The van der Waals surface area contributed by atoms with Gasteiger partial charge in [-0.25, -0.2) is 0 Å². The lowest BCUT2D eigenvalue weighted by Gasteiger charge is -2.44. The number of rotatable bonds is 9. The summed E-state index contributed by atoms with van der Waals surface area (Å²) >= 11 is 3.71. The maximum atomic E-state index is 13.7. The van der Waals surface area contributed by atoms with Crippen molar-refractivity contribution in [2.45, 2.75) is 46.1 Å². The Labute approximate surface area is 233 Å². The van der Waals surface area contributed by atoms with Gasteiger partial charge in [-0.15, -0.1) is 0 Å². The zero-order valence-electron chi connectivity index (χ0n) is 22.3. The monoisotopic (exact) mass is 579 g/mol. The van der Waals surface area contributed by atoms with Gasteiger partial charge >= 0.3 is 0 Å². The summed E-state index contributed by atoms with van der Waals surface area (Å²) < 4.78 is 18.1. The molecule has 0 saturated carbocycles. The van der Waals surface area contributed by atoms with Crippen LogP contribution in [0.5, 0.6) is 11.5 Å². The number of carbonyl (C=O) groups excluding carboxylic acids is 1. The second-order valence-electron chi connectivity index (χ2n) is 10.3. The van der Waals surface area contributed by atoms with E-state index in [-0.39, 0.29) is 11.2 Å². The molecule has 1 heterocycles. The van der Waals surface area contributed by atoms with Crippen molar-refractivity contribution in [2.75, 3.05) is 26.9 Å². The summed E-state index contributed by atoms with van der Waals surface area (Å²) in [5, 5.41) is 10.3. The minimum absolute atomic E-state index is 0.0261. The number of nitrogens with zero attached hydrogens (tertiary/aromatic N) is 2. The molecule has 1 aliphatic carbocycles. The lowest BCUT2D eigenvalue weighted by atomic mass is 9.68. The Hall–Kier alpha value is -3.28. The first-order valence-electron chi connectivity index (χ1n) is 12.8. The van der Waals surface area contributed by atoms with E-state index in [1.165, 1.54) is 0 Å². The topological polar surface area (TPSA) is 97.8 Å². The van der Waals surface area contributed by atoms with Crippen molar-refractivity contribution < 1.29 is 19.0 Å². The van der Waals surface area contributed by atoms with Crippen LogP contribution in [0, 0.1) is 16.7 Å². The van der Waals surface area contributed by atoms with Gasteiger partial charge in [0.1, 0.15) is 12.4 Å². The standard InChI is InChI=1S/C30H34BrN3O4/c1-5-37-25-13-20(22(31)14-26(25)38-18-19-9-7-6-8-10-19)27-21(17-32)29(33)34(11-12-36-4)23-15-30(2,3)16-24(35)28(23)27/h6-10,13-14,27H,5,11-12,15-16,18,33H2,1-4H3/t27-/m1/s1. The first kappa shape index (κ1) is 27.7. The molecule has 0 amide bonds. The molecular formula is C30H34BrN3O4. The van der Waals surface area contributed by atoms with Gasteiger partial charge in [0, 0.05) is 35.8 Å². The van der Waals surface area contributed by atoms with Crippen LogP contribution in [-0.4, -0.2) is 37.6 Å². The van der Waals surface area contributed by atoms with E-state index in [4.69, 9.17) is 19.9 Å². The van der Waals surface area contributed by atoms with Crippen LogP contribution in [0.4, 0.5) is 0 Å². The molecular weight excluding hydrogens is 546 g/mol. The number of ether oxygens (including phenoxy) is 3. The van der Waals surface area contributed by atoms with Crippen molar-refractivity contribution in [3.05, 3.63) is 80.7 Å². The van der Waals surface area contributed by atoms with E-state index in [9.17, 15) is 10.1 Å². The van der Waals surface area contributed by atoms with E-state index < -0.39 is 5.92 Å². The molecule has 2 aliphatic rings. The van der Waals surface area contributed by atoms with Gasteiger partial charge in [-0.3, -0.25) is 4.79 Å². The van der Waals surface area contributed by atoms with Crippen LogP contribution in [0.2, 0.25) is 0 Å². The van der Waals surface area contributed by atoms with E-state index >= 15 is 0 Å². The van der Waals surface area contributed by atoms with Crippen LogP contribution in [0.1, 0.15) is 50.7 Å². The lowest BCUT2D eigenvalue weighted by molar-refractivity contribution is -0.118. The van der Waals surface area contributed by atoms with Crippen molar-refractivity contribution >= 4 is 21.7 Å². The average Bonchev–Trinajstić information content (AvgIpc) is 2.88. The summed E-state index contributed by atoms with van der Waals surface area (Å²) in [5.41, 5.74) is 10.0. The molecule has 4 rings (SSSR count). The van der Waals surface area contributed by atoms with E-state index in [1.54, 1.807) is 7.11 Å². The summed E-state index contributed by atoms with van der Waals surface area (Å²) in [5.74, 6) is 0.884. The summed E-state index contributed by atoms with van der Waals surface area (Å²) in [6.45, 7) is 7.76. The summed E-state index contributed by atoms with van der Waals surface area (Å²) in [7, 11) is 1.62. The van der Waals surface area contributed by atoms with Crippen molar-refractivity contribution in [1.82, 2.24) is 4.90 Å². The van der Waals surface area contributed by atoms with Gasteiger partial charge in [-0.05, 0) is 42.0 Å². The summed E-state index contributed by atoms with van der Waals surface area (Å²) in [4.78, 5) is 15.6. The minimum atomic E-state index is -0.617. The first-order valence-corrected chi connectivity index (χ1v) is 13.6. The normalized spacial score (nSPS) is 18.8. The summed E-state index contributed by atoms with van der Waals surface area (Å²) in [6, 6.07) is 15.9. The van der Waals surface area contributed by atoms with Gasteiger partial charge in [0.25, 0.3) is 0 Å². The molecule has 0 spiro atoms. The average molecular weight is 581 g/mol. The van der Waals surface area contributed by atoms with Crippen molar-refractivity contribution in [3.63, 3.8) is 0 Å². The Balaban J connectivity index is 1.83. The zero-order valence-corrected chi connectivity index (χ0v) is 23.9. The number of carbonyl (C=O) groups is 1. The molecule has 0 bridgehead atoms. The quantitative estimate of drug-likeness (QED) is 0.400. The number of methoxy groups -OCH3 is 1. The molecule has 2 aromatic rings. The molecule has 1 atom stereocenters. The smallest absolute Gasteiger partial charge is 0.162 e. The van der Waals surface area contributed by atoms with Crippen LogP contribution < -0.4 is 15.2 Å². The van der Waals surface area contributed by atoms with E-state index in [0.717, 1.165) is 16.8 Å². The second kappa shape index (κ2) is 11.6. The molecule has 8 heteroatoms. The van der Waals surface area contributed by atoms with Crippen molar-refractivity contribution in [3.8, 4) is 17.6 Å². The first-order chi connectivity index (χ1) is 18.2. The Bertz CT molecular complexity index is 1310. The third-order valence-electron chi connectivity index (χ3n) is 6.92. The Morgan fingerprint density at radius 3 is 2.53 bits per heavy atom. The number of benzene rings is 2. The molecule has 0 fully saturated rings. The lowest BCUT2D eigenvalue weighted by Crippen LogP contribution is -2.43. The zero-order chi connectivity index (χ0) is 27.4. The van der Waals surface area contributed by atoms with Crippen LogP contribution >= 0.6 is 15.9 Å². The van der Waals surface area contributed by atoms with Crippen LogP contribution in [0.25, 0.3) is 0 Å². The predicted octanol–water partition coefficient (Wildman–Crippen LogP) is 5.81. The molecule has 0 saturated heterocycles. The molecule has 2 aromatic carbocycles. The number of allylic oxidation sites excluding steroid dienone is 3. The molecule has 38 heavy (non-hydrogen) atoms. The van der Waals surface area contributed by atoms with Crippen LogP contribution in [0.3, 0.4) is 0 Å². The van der Waals surface area contributed by atoms with Gasteiger partial charge in [0.05, 0.1) is 30.8 Å². The van der Waals surface area contributed by atoms with Crippen molar-refractivity contribution in [2.24, 2.45) is 11.1 Å². The van der Waals surface area contributed by atoms with Gasteiger partial charge < -0.3 is 24.8 Å². The fraction of sp³-hybridized carbons (Fsp3) is 0.400. The number of nitrogens with two attached hydrogens (primary N) is 1. The number of ketones is 1. The molecule has 7 nitrogen and oxygen atoms in total. The predicted molar refractivity (Wildman–Crippen MR) is 149 cm³/mol. The van der Waals surface area contributed by atoms with Gasteiger partial charge in [-0.1, -0.05) is 60.1 Å². The van der Waals surface area contributed by atoms with Crippen molar-refractivity contribution in [1.29, 1.82) is 5.26 Å². The SMILES string of the molecule is CCOc1cc([C@@H]2C(C#N)=C(N)N(CCOC)C3=C2C(=O)CC(C)(C)C3)c(Br)cc1OCc1ccccc1. The minimum Gasteiger partial charge on any atom is -0.490 e. The largest absolute Gasteiger partial charge is 0.490 e. The highest BCUT2D eigenvalue weighted by atomic mass is 79.9. The maximum absolute atomic E-state index is 13.7. The van der Waals surface area contributed by atoms with Gasteiger partial charge in [-0.2, -0.15) is 5.26 Å². The Kier molecular flexibility index (Phi) is 8.49. The third-order valence-corrected chi connectivity index (χ3v) is 7.60. The van der Waals surface area contributed by atoms with Gasteiger partial charge in [0.2, 0.25) is 0 Å². The Morgan fingerprint density at radius 2 is 1.87 bits per heavy atom. The van der Waals surface area contributed by atoms with E-state index in [0.29, 0.717) is 72.1 Å². The summed E-state index contributed by atoms with van der Waals surface area (Å²) in [6.07, 6.45) is 1.06. The Morgan fingerprint density at radius 1 is 1.16 bits per heavy atom. The second-order valence-corrected chi connectivity index (χ2v) is 11.2. The fourth-order valence-electron chi connectivity index (χ4n) is 5.21. The van der Waals surface area contributed by atoms with Gasteiger partial charge in [0.15, 0.2) is 17.3 Å². The fourth-order valence-corrected chi connectivity index (χ4v) is 5.76. The van der Waals surface area contributed by atoms with E-state index in [2.05, 4.69) is 35.8 Å². The number of halogens is 1. The van der Waals surface area contributed by atoms with Crippen LogP contribution in [0.15, 0.2) is 69.6 Å². The highest BCUT2D eigenvalue weighted by Crippen LogP contribution is 2.51. The highest BCUT2D eigenvalue weighted by Gasteiger charge is 2.44.